The van der Waals surface area contributed by atoms with E-state index >= 15 is 0 Å². The van der Waals surface area contributed by atoms with Gasteiger partial charge in [0.05, 0.1) is 24.3 Å². The number of rotatable bonds is 3. The van der Waals surface area contributed by atoms with Gasteiger partial charge in [0, 0.05) is 12.3 Å². The lowest BCUT2D eigenvalue weighted by Gasteiger charge is -2.34. The van der Waals surface area contributed by atoms with Gasteiger partial charge < -0.3 is 15.0 Å². The minimum Gasteiger partial charge on any atom is -0.480 e. The highest BCUT2D eigenvalue weighted by molar-refractivity contribution is 5.85. The number of H-pyrrole nitrogens is 1. The first kappa shape index (κ1) is 13.6. The van der Waals surface area contributed by atoms with E-state index in [1.54, 1.807) is 6.33 Å². The van der Waals surface area contributed by atoms with Crippen molar-refractivity contribution in [3.63, 3.8) is 0 Å². The van der Waals surface area contributed by atoms with Gasteiger partial charge in [0.15, 0.2) is 0 Å². The van der Waals surface area contributed by atoms with Crippen molar-refractivity contribution in [2.24, 2.45) is 11.8 Å². The van der Waals surface area contributed by atoms with Gasteiger partial charge in [-0.2, -0.15) is 0 Å². The molecule has 0 radical (unpaired) electrons. The molecule has 2 N–H and O–H groups in total. The Morgan fingerprint density at radius 2 is 2.16 bits per heavy atom. The van der Waals surface area contributed by atoms with Gasteiger partial charge in [-0.15, -0.1) is 0 Å². The average molecular weight is 265 g/mol. The number of carboxylic acid groups (broad SMARTS) is 1. The lowest BCUT2D eigenvalue weighted by molar-refractivity contribution is -0.153. The molecule has 0 aromatic carbocycles. The van der Waals surface area contributed by atoms with Crippen molar-refractivity contribution in [3.05, 3.63) is 17.7 Å². The van der Waals surface area contributed by atoms with Crippen LogP contribution in [0.1, 0.15) is 32.2 Å². The number of imidazole rings is 1. The molecule has 0 fully saturated rings. The van der Waals surface area contributed by atoms with Gasteiger partial charge in [0.25, 0.3) is 0 Å². The predicted molar refractivity (Wildman–Crippen MR) is 68.3 cm³/mol. The fourth-order valence-corrected chi connectivity index (χ4v) is 2.23. The van der Waals surface area contributed by atoms with Gasteiger partial charge in [0.2, 0.25) is 5.91 Å². The molecule has 6 nitrogen and oxygen atoms in total. The minimum atomic E-state index is -0.974. The van der Waals surface area contributed by atoms with Crippen LogP contribution >= 0.6 is 0 Å². The highest BCUT2D eigenvalue weighted by Crippen LogP contribution is 2.24. The van der Waals surface area contributed by atoms with Crippen LogP contribution < -0.4 is 0 Å². The lowest BCUT2D eigenvalue weighted by Crippen LogP contribution is -2.51. The zero-order valence-electron chi connectivity index (χ0n) is 11.4. The zero-order chi connectivity index (χ0) is 14.2. The molecule has 19 heavy (non-hydrogen) atoms. The van der Waals surface area contributed by atoms with Crippen LogP contribution in [0.15, 0.2) is 6.33 Å². The van der Waals surface area contributed by atoms with Crippen molar-refractivity contribution in [2.45, 2.75) is 39.8 Å². The standard InChI is InChI=1S/C13H19N3O3/c1-7(2)8(3)12(17)16-5-10-9(14-6-15-10)4-11(16)13(18)19/h6-8,11H,4-5H2,1-3H3,(H,14,15)(H,18,19). The van der Waals surface area contributed by atoms with E-state index in [2.05, 4.69) is 9.97 Å². The van der Waals surface area contributed by atoms with Crippen LogP contribution in [0, 0.1) is 11.8 Å². The van der Waals surface area contributed by atoms with Crippen LogP contribution in [0.5, 0.6) is 0 Å². The number of carbonyl (C=O) groups excluding carboxylic acids is 1. The number of aromatic nitrogens is 2. The van der Waals surface area contributed by atoms with Crippen LogP contribution in [0.25, 0.3) is 0 Å². The van der Waals surface area contributed by atoms with E-state index in [0.29, 0.717) is 6.54 Å². The lowest BCUT2D eigenvalue weighted by atomic mass is 9.93. The fraction of sp³-hybridized carbons (Fsp3) is 0.615. The predicted octanol–water partition coefficient (Wildman–Crippen LogP) is 1.04. The number of hydrogen-bond donors (Lipinski definition) is 2. The first-order valence-corrected chi connectivity index (χ1v) is 6.46. The third-order valence-corrected chi connectivity index (χ3v) is 3.86. The van der Waals surface area contributed by atoms with Crippen LogP contribution in [0.4, 0.5) is 0 Å². The average Bonchev–Trinajstić information content (AvgIpc) is 2.82. The molecule has 2 heterocycles. The van der Waals surface area contributed by atoms with Gasteiger partial charge in [-0.3, -0.25) is 4.79 Å². The fourth-order valence-electron chi connectivity index (χ4n) is 2.23. The van der Waals surface area contributed by atoms with Crippen molar-refractivity contribution < 1.29 is 14.7 Å². The van der Waals surface area contributed by atoms with Crippen LogP contribution in [0.3, 0.4) is 0 Å². The highest BCUT2D eigenvalue weighted by atomic mass is 16.4. The van der Waals surface area contributed by atoms with Gasteiger partial charge >= 0.3 is 5.97 Å². The number of nitrogens with zero attached hydrogens (tertiary/aromatic N) is 2. The minimum absolute atomic E-state index is 0.109. The largest absolute Gasteiger partial charge is 0.480 e. The van der Waals surface area contributed by atoms with E-state index in [1.165, 1.54) is 4.90 Å². The van der Waals surface area contributed by atoms with E-state index in [4.69, 9.17) is 0 Å². The summed E-state index contributed by atoms with van der Waals surface area (Å²) in [4.78, 5) is 32.3. The first-order valence-electron chi connectivity index (χ1n) is 6.46. The quantitative estimate of drug-likeness (QED) is 0.855. The van der Waals surface area contributed by atoms with E-state index in [1.807, 2.05) is 20.8 Å². The van der Waals surface area contributed by atoms with Crippen molar-refractivity contribution >= 4 is 11.9 Å². The summed E-state index contributed by atoms with van der Waals surface area (Å²) in [6.07, 6.45) is 1.81. The molecule has 0 bridgehead atoms. The number of fused-ring (bicyclic) bond motifs is 1. The number of amides is 1. The molecule has 1 amide bonds. The number of hydrogen-bond acceptors (Lipinski definition) is 3. The maximum absolute atomic E-state index is 12.4. The van der Waals surface area contributed by atoms with Gasteiger partial charge in [-0.1, -0.05) is 20.8 Å². The van der Waals surface area contributed by atoms with Crippen molar-refractivity contribution in [1.82, 2.24) is 14.9 Å². The summed E-state index contributed by atoms with van der Waals surface area (Å²) in [5, 5.41) is 9.31. The molecular formula is C13H19N3O3. The molecule has 0 spiro atoms. The third-order valence-electron chi connectivity index (χ3n) is 3.86. The Balaban J connectivity index is 2.27. The molecule has 1 aromatic rings. The van der Waals surface area contributed by atoms with E-state index in [0.717, 1.165) is 11.4 Å². The Kier molecular flexibility index (Phi) is 3.59. The van der Waals surface area contributed by atoms with E-state index in [9.17, 15) is 14.7 Å². The molecule has 0 aliphatic carbocycles. The number of carbonyl (C=O) groups is 2. The Labute approximate surface area is 111 Å². The van der Waals surface area contributed by atoms with Crippen molar-refractivity contribution in [1.29, 1.82) is 0 Å². The third kappa shape index (κ3) is 2.47. The molecule has 6 heteroatoms. The summed E-state index contributed by atoms with van der Waals surface area (Å²) in [5.41, 5.74) is 1.58. The topological polar surface area (TPSA) is 86.3 Å². The van der Waals surface area contributed by atoms with Gasteiger partial charge in [0.1, 0.15) is 6.04 Å². The molecule has 2 rings (SSSR count). The second-order valence-corrected chi connectivity index (χ2v) is 5.38. The van der Waals surface area contributed by atoms with Gasteiger partial charge in [-0.25, -0.2) is 9.78 Å². The summed E-state index contributed by atoms with van der Waals surface area (Å²) in [6.45, 7) is 6.06. The summed E-state index contributed by atoms with van der Waals surface area (Å²) in [7, 11) is 0. The first-order chi connectivity index (χ1) is 8.91. The van der Waals surface area contributed by atoms with Crippen molar-refractivity contribution in [2.75, 3.05) is 0 Å². The summed E-state index contributed by atoms with van der Waals surface area (Å²) in [6, 6.07) is -0.815. The van der Waals surface area contributed by atoms with E-state index < -0.39 is 12.0 Å². The maximum Gasteiger partial charge on any atom is 0.326 e. The molecule has 0 saturated heterocycles. The maximum atomic E-state index is 12.4. The number of aromatic amines is 1. The molecule has 104 valence electrons. The van der Waals surface area contributed by atoms with E-state index in [-0.39, 0.29) is 24.2 Å². The molecule has 1 aliphatic heterocycles. The molecule has 1 aromatic heterocycles. The Hall–Kier alpha value is -1.85. The Bertz CT molecular complexity index is 495. The Morgan fingerprint density at radius 1 is 1.47 bits per heavy atom. The van der Waals surface area contributed by atoms with Gasteiger partial charge in [-0.05, 0) is 5.92 Å². The molecule has 2 unspecified atom stereocenters. The summed E-state index contributed by atoms with van der Waals surface area (Å²) < 4.78 is 0. The Morgan fingerprint density at radius 3 is 2.74 bits per heavy atom. The molecule has 0 saturated carbocycles. The molecule has 1 aliphatic rings. The number of nitrogens with one attached hydrogen (secondary N) is 1. The second kappa shape index (κ2) is 5.03. The highest BCUT2D eigenvalue weighted by Gasteiger charge is 2.37. The summed E-state index contributed by atoms with van der Waals surface area (Å²) >= 11 is 0. The number of carboxylic acids is 1. The van der Waals surface area contributed by atoms with Crippen molar-refractivity contribution in [3.8, 4) is 0 Å². The number of aliphatic carboxylic acids is 1. The summed E-state index contributed by atoms with van der Waals surface area (Å²) in [5.74, 6) is -1.09. The smallest absolute Gasteiger partial charge is 0.326 e. The molecule has 2 atom stereocenters. The normalized spacial score (nSPS) is 20.2. The van der Waals surface area contributed by atoms with Crippen LogP contribution in [0.2, 0.25) is 0 Å². The SMILES string of the molecule is CC(C)C(C)C(=O)N1Cc2[nH]cnc2CC1C(=O)O. The molecular weight excluding hydrogens is 246 g/mol. The monoisotopic (exact) mass is 265 g/mol. The second-order valence-electron chi connectivity index (χ2n) is 5.38. The van der Waals surface area contributed by atoms with Crippen LogP contribution in [-0.4, -0.2) is 37.9 Å². The van der Waals surface area contributed by atoms with Crippen LogP contribution in [-0.2, 0) is 22.6 Å². The zero-order valence-corrected chi connectivity index (χ0v) is 11.4.